The maximum Gasteiger partial charge on any atom is 0.270 e. The van der Waals surface area contributed by atoms with E-state index < -0.39 is 0 Å². The molecule has 2 heterocycles. The van der Waals surface area contributed by atoms with Crippen LogP contribution in [0, 0.1) is 12.8 Å². The molecule has 1 fully saturated rings. The number of hydrogen-bond acceptors (Lipinski definition) is 3. The number of carbonyl (C=O) groups is 1. The number of phenolic OH excluding ortho intramolecular Hbond substituents is 1. The summed E-state index contributed by atoms with van der Waals surface area (Å²) in [4.78, 5) is 20.9. The molecule has 5 heteroatoms. The van der Waals surface area contributed by atoms with Gasteiger partial charge in [0.05, 0.1) is 0 Å². The van der Waals surface area contributed by atoms with Gasteiger partial charge >= 0.3 is 0 Å². The highest BCUT2D eigenvalue weighted by atomic mass is 16.3. The summed E-state index contributed by atoms with van der Waals surface area (Å²) in [5.74, 6) is 0.905. The van der Waals surface area contributed by atoms with Gasteiger partial charge in [0.2, 0.25) is 0 Å². The van der Waals surface area contributed by atoms with Gasteiger partial charge in [0.25, 0.3) is 5.91 Å². The van der Waals surface area contributed by atoms with Crippen LogP contribution in [0.4, 0.5) is 0 Å². The zero-order valence-corrected chi connectivity index (χ0v) is 18.1. The lowest BCUT2D eigenvalue weighted by Crippen LogP contribution is -2.52. The number of hydrogen-bond donors (Lipinski definition) is 2. The van der Waals surface area contributed by atoms with Gasteiger partial charge < -0.3 is 19.9 Å². The Hall–Kier alpha value is -2.27. The SMILES string of the molecule is CCN(CC)C(=O)c1[nH]c2c(c1C)CC1(c3cccc(O)c3)CCN(C)CC1C2. The summed E-state index contributed by atoms with van der Waals surface area (Å²) in [6, 6.07) is 7.84. The van der Waals surface area contributed by atoms with E-state index in [1.807, 2.05) is 30.9 Å². The molecule has 1 aliphatic heterocycles. The second-order valence-electron chi connectivity index (χ2n) is 8.86. The fourth-order valence-electron chi connectivity index (χ4n) is 5.58. The van der Waals surface area contributed by atoms with Crippen molar-refractivity contribution in [2.45, 2.75) is 45.4 Å². The molecule has 156 valence electrons. The van der Waals surface area contributed by atoms with Crippen molar-refractivity contribution in [3.63, 3.8) is 0 Å². The highest BCUT2D eigenvalue weighted by molar-refractivity contribution is 5.94. The first-order chi connectivity index (χ1) is 13.9. The number of amides is 1. The van der Waals surface area contributed by atoms with Gasteiger partial charge in [-0.1, -0.05) is 12.1 Å². The summed E-state index contributed by atoms with van der Waals surface area (Å²) < 4.78 is 0. The topological polar surface area (TPSA) is 59.6 Å². The van der Waals surface area contributed by atoms with Gasteiger partial charge in [0, 0.05) is 30.7 Å². The Morgan fingerprint density at radius 2 is 2.10 bits per heavy atom. The molecule has 1 amide bonds. The minimum Gasteiger partial charge on any atom is -0.508 e. The number of carbonyl (C=O) groups excluding carboxylic acids is 1. The zero-order valence-electron chi connectivity index (χ0n) is 18.1. The summed E-state index contributed by atoms with van der Waals surface area (Å²) in [7, 11) is 2.19. The average Bonchev–Trinajstić information content (AvgIpc) is 3.02. The lowest BCUT2D eigenvalue weighted by molar-refractivity contribution is 0.0766. The fourth-order valence-corrected chi connectivity index (χ4v) is 5.58. The van der Waals surface area contributed by atoms with Crippen LogP contribution in [0.5, 0.6) is 5.75 Å². The standard InChI is InChI=1S/C24H33N3O2/c1-5-27(6-2)23(29)22-16(3)20-14-24(17-8-7-9-19(28)12-17)10-11-26(4)15-18(24)13-21(20)25-22/h7-9,12,18,25,28H,5-6,10-11,13-15H2,1-4H3. The molecule has 5 nitrogen and oxygen atoms in total. The Labute approximate surface area is 173 Å². The Bertz CT molecular complexity index is 915. The van der Waals surface area contributed by atoms with Crippen molar-refractivity contribution in [1.82, 2.24) is 14.8 Å². The van der Waals surface area contributed by atoms with Crippen LogP contribution < -0.4 is 0 Å². The summed E-state index contributed by atoms with van der Waals surface area (Å²) in [6.07, 6.45) is 2.95. The molecule has 2 atom stereocenters. The minimum absolute atomic E-state index is 0.0146. The first kappa shape index (κ1) is 20.0. The van der Waals surface area contributed by atoms with Gasteiger partial charge in [-0.3, -0.25) is 4.79 Å². The molecule has 2 unspecified atom stereocenters. The van der Waals surface area contributed by atoms with Crippen molar-refractivity contribution in [2.24, 2.45) is 5.92 Å². The summed E-state index contributed by atoms with van der Waals surface area (Å²) in [5.41, 5.74) is 5.66. The van der Waals surface area contributed by atoms with Gasteiger partial charge in [-0.25, -0.2) is 0 Å². The molecular weight excluding hydrogens is 362 g/mol. The number of nitrogens with one attached hydrogen (secondary N) is 1. The first-order valence-corrected chi connectivity index (χ1v) is 10.9. The summed E-state index contributed by atoms with van der Waals surface area (Å²) >= 11 is 0. The van der Waals surface area contributed by atoms with Crippen molar-refractivity contribution in [3.8, 4) is 5.75 Å². The first-order valence-electron chi connectivity index (χ1n) is 10.9. The normalized spacial score (nSPS) is 24.1. The number of aromatic nitrogens is 1. The van der Waals surface area contributed by atoms with E-state index in [1.165, 1.54) is 16.8 Å². The van der Waals surface area contributed by atoms with Crippen LogP contribution in [-0.4, -0.2) is 59.0 Å². The van der Waals surface area contributed by atoms with Crippen molar-refractivity contribution in [2.75, 3.05) is 33.2 Å². The van der Waals surface area contributed by atoms with Crippen molar-refractivity contribution >= 4 is 5.91 Å². The van der Waals surface area contributed by atoms with Crippen LogP contribution in [0.1, 0.15) is 53.1 Å². The molecule has 29 heavy (non-hydrogen) atoms. The number of nitrogens with zero attached hydrogens (tertiary/aromatic N) is 2. The van der Waals surface area contributed by atoms with E-state index in [9.17, 15) is 9.90 Å². The summed E-state index contributed by atoms with van der Waals surface area (Å²) in [6.45, 7) is 9.68. The predicted molar refractivity (Wildman–Crippen MR) is 116 cm³/mol. The number of piperidine rings is 1. The van der Waals surface area contributed by atoms with E-state index >= 15 is 0 Å². The van der Waals surface area contributed by atoms with E-state index in [0.29, 0.717) is 11.7 Å². The number of likely N-dealkylation sites (tertiary alicyclic amines) is 1. The van der Waals surface area contributed by atoms with Crippen LogP contribution in [0.25, 0.3) is 0 Å². The van der Waals surface area contributed by atoms with Gasteiger partial charge in [-0.15, -0.1) is 0 Å². The molecule has 2 aromatic rings. The molecule has 0 bridgehead atoms. The van der Waals surface area contributed by atoms with Crippen molar-refractivity contribution in [1.29, 1.82) is 0 Å². The highest BCUT2D eigenvalue weighted by Crippen LogP contribution is 2.49. The maximum atomic E-state index is 13.1. The third-order valence-corrected chi connectivity index (χ3v) is 7.35. The van der Waals surface area contributed by atoms with Gasteiger partial charge in [0.15, 0.2) is 0 Å². The quantitative estimate of drug-likeness (QED) is 0.833. The molecule has 0 radical (unpaired) electrons. The van der Waals surface area contributed by atoms with Gasteiger partial charge in [-0.05, 0) is 88.4 Å². The number of aromatic amines is 1. The Balaban J connectivity index is 1.78. The summed E-state index contributed by atoms with van der Waals surface area (Å²) in [5, 5.41) is 10.2. The maximum absolute atomic E-state index is 13.1. The Morgan fingerprint density at radius 1 is 1.34 bits per heavy atom. The van der Waals surface area contributed by atoms with Crippen molar-refractivity contribution in [3.05, 3.63) is 52.3 Å². The Kier molecular flexibility index (Phi) is 5.19. The van der Waals surface area contributed by atoms with E-state index in [2.05, 4.69) is 29.9 Å². The third kappa shape index (κ3) is 3.25. The van der Waals surface area contributed by atoms with E-state index in [0.717, 1.165) is 56.7 Å². The van der Waals surface area contributed by atoms with E-state index in [4.69, 9.17) is 0 Å². The lowest BCUT2D eigenvalue weighted by atomic mass is 9.58. The average molecular weight is 396 g/mol. The number of aromatic hydroxyl groups is 1. The molecule has 1 aliphatic carbocycles. The van der Waals surface area contributed by atoms with Crippen LogP contribution >= 0.6 is 0 Å². The second kappa shape index (κ2) is 7.52. The lowest BCUT2D eigenvalue weighted by Gasteiger charge is -2.50. The van der Waals surface area contributed by atoms with E-state index in [-0.39, 0.29) is 11.3 Å². The molecule has 0 saturated carbocycles. The van der Waals surface area contributed by atoms with Gasteiger partial charge in [0.1, 0.15) is 11.4 Å². The zero-order chi connectivity index (χ0) is 20.8. The largest absolute Gasteiger partial charge is 0.508 e. The number of benzene rings is 1. The highest BCUT2D eigenvalue weighted by Gasteiger charge is 2.48. The molecule has 1 aromatic heterocycles. The van der Waals surface area contributed by atoms with Crippen LogP contribution in [-0.2, 0) is 18.3 Å². The van der Waals surface area contributed by atoms with Crippen LogP contribution in [0.2, 0.25) is 0 Å². The third-order valence-electron chi connectivity index (χ3n) is 7.35. The van der Waals surface area contributed by atoms with Crippen LogP contribution in [0.15, 0.2) is 24.3 Å². The molecule has 1 aromatic carbocycles. The molecule has 2 N–H and O–H groups in total. The molecular formula is C24H33N3O2. The smallest absolute Gasteiger partial charge is 0.270 e. The number of rotatable bonds is 4. The number of phenols is 1. The fraction of sp³-hybridized carbons (Fsp3) is 0.542. The van der Waals surface area contributed by atoms with E-state index in [1.54, 1.807) is 6.07 Å². The number of H-pyrrole nitrogens is 1. The van der Waals surface area contributed by atoms with Crippen molar-refractivity contribution < 1.29 is 9.90 Å². The molecule has 2 aliphatic rings. The van der Waals surface area contributed by atoms with Crippen LogP contribution in [0.3, 0.4) is 0 Å². The molecule has 0 spiro atoms. The molecule has 4 rings (SSSR count). The second-order valence-corrected chi connectivity index (χ2v) is 8.86. The number of fused-ring (bicyclic) bond motifs is 2. The predicted octanol–water partition coefficient (Wildman–Crippen LogP) is 3.50. The molecule has 1 saturated heterocycles. The van der Waals surface area contributed by atoms with Gasteiger partial charge in [-0.2, -0.15) is 0 Å². The monoisotopic (exact) mass is 395 g/mol. The Morgan fingerprint density at radius 3 is 2.79 bits per heavy atom. The minimum atomic E-state index is 0.0146.